The van der Waals surface area contributed by atoms with Gasteiger partial charge in [0.05, 0.1) is 4.92 Å². The minimum absolute atomic E-state index is 0.0798. The van der Waals surface area contributed by atoms with E-state index in [9.17, 15) is 14.9 Å². The average Bonchev–Trinajstić information content (AvgIpc) is 2.97. The number of pyridine rings is 1. The van der Waals surface area contributed by atoms with Crippen molar-refractivity contribution in [2.45, 2.75) is 13.3 Å². The summed E-state index contributed by atoms with van der Waals surface area (Å²) in [6, 6.07) is 1.35. The molecule has 2 N–H and O–H groups in total. The van der Waals surface area contributed by atoms with Crippen molar-refractivity contribution in [3.8, 4) is 0 Å². The Morgan fingerprint density at radius 1 is 1.52 bits per heavy atom. The molecule has 2 heterocycles. The molecule has 0 atom stereocenters. The van der Waals surface area contributed by atoms with Crippen LogP contribution in [-0.2, 0) is 0 Å². The number of anilines is 2. The Bertz CT molecular complexity index is 645. The second-order valence-corrected chi connectivity index (χ2v) is 4.80. The molecule has 0 aliphatic carbocycles. The standard InChI is InChI=1S/C11H12N6O3S/c1-2-3-12-9-4-7(8(5-13-9)17(19)20)10(18)15-11-16-14-6-21-11/h4-6H,2-3H2,1H3,(H,12,13)(H,15,16,18). The number of nitrogens with zero attached hydrogens (tertiary/aromatic N) is 4. The van der Waals surface area contributed by atoms with Crippen LogP contribution in [0.5, 0.6) is 0 Å². The van der Waals surface area contributed by atoms with Crippen molar-refractivity contribution in [1.29, 1.82) is 0 Å². The highest BCUT2D eigenvalue weighted by Gasteiger charge is 2.22. The fourth-order valence-electron chi connectivity index (χ4n) is 1.52. The maximum atomic E-state index is 12.1. The Kier molecular flexibility index (Phi) is 4.72. The molecule has 0 saturated carbocycles. The van der Waals surface area contributed by atoms with Crippen molar-refractivity contribution < 1.29 is 9.72 Å². The van der Waals surface area contributed by atoms with Gasteiger partial charge < -0.3 is 5.32 Å². The summed E-state index contributed by atoms with van der Waals surface area (Å²) >= 11 is 1.12. The quantitative estimate of drug-likeness (QED) is 0.617. The number of carbonyl (C=O) groups excluding carboxylic acids is 1. The summed E-state index contributed by atoms with van der Waals surface area (Å²) in [4.78, 5) is 26.4. The molecule has 0 fully saturated rings. The molecular formula is C11H12N6O3S. The van der Waals surface area contributed by atoms with Crippen LogP contribution in [0.4, 0.5) is 16.6 Å². The van der Waals surface area contributed by atoms with E-state index in [1.54, 1.807) is 0 Å². The smallest absolute Gasteiger partial charge is 0.300 e. The van der Waals surface area contributed by atoms with E-state index < -0.39 is 10.8 Å². The highest BCUT2D eigenvalue weighted by Crippen LogP contribution is 2.22. The second-order valence-electron chi connectivity index (χ2n) is 3.97. The largest absolute Gasteiger partial charge is 0.370 e. The van der Waals surface area contributed by atoms with Gasteiger partial charge in [-0.25, -0.2) is 4.98 Å². The average molecular weight is 308 g/mol. The number of nitrogens with one attached hydrogen (secondary N) is 2. The molecule has 1 amide bonds. The minimum Gasteiger partial charge on any atom is -0.370 e. The summed E-state index contributed by atoms with van der Waals surface area (Å²) < 4.78 is 0. The molecule has 0 spiro atoms. The van der Waals surface area contributed by atoms with Crippen molar-refractivity contribution >= 4 is 33.9 Å². The third-order valence-corrected chi connectivity index (χ3v) is 3.07. The SMILES string of the molecule is CCCNc1cc(C(=O)Nc2nncs2)c([N+](=O)[O-])cn1. The molecule has 0 unspecified atom stereocenters. The topological polar surface area (TPSA) is 123 Å². The summed E-state index contributed by atoms with van der Waals surface area (Å²) in [6.45, 7) is 2.63. The Morgan fingerprint density at radius 3 is 2.95 bits per heavy atom. The van der Waals surface area contributed by atoms with Gasteiger partial charge in [-0.2, -0.15) is 0 Å². The van der Waals surface area contributed by atoms with Crippen LogP contribution in [0.15, 0.2) is 17.8 Å². The maximum Gasteiger partial charge on any atom is 0.300 e. The Labute approximate surface area is 123 Å². The summed E-state index contributed by atoms with van der Waals surface area (Å²) in [5.74, 6) is -0.217. The molecule has 2 rings (SSSR count). The van der Waals surface area contributed by atoms with E-state index in [1.165, 1.54) is 11.6 Å². The van der Waals surface area contributed by atoms with Crippen molar-refractivity contribution in [2.75, 3.05) is 17.2 Å². The lowest BCUT2D eigenvalue weighted by atomic mass is 10.2. The van der Waals surface area contributed by atoms with E-state index in [2.05, 4.69) is 25.8 Å². The van der Waals surface area contributed by atoms with Gasteiger partial charge in [-0.1, -0.05) is 18.3 Å². The van der Waals surface area contributed by atoms with Crippen molar-refractivity contribution in [1.82, 2.24) is 15.2 Å². The van der Waals surface area contributed by atoms with Gasteiger partial charge in [0.25, 0.3) is 11.6 Å². The molecule has 9 nitrogen and oxygen atoms in total. The van der Waals surface area contributed by atoms with E-state index >= 15 is 0 Å². The number of hydrogen-bond donors (Lipinski definition) is 2. The number of amides is 1. The van der Waals surface area contributed by atoms with Gasteiger partial charge in [0, 0.05) is 12.6 Å². The van der Waals surface area contributed by atoms with Crippen LogP contribution in [0.1, 0.15) is 23.7 Å². The summed E-state index contributed by atoms with van der Waals surface area (Å²) in [5.41, 5.74) is 1.01. The molecule has 2 aromatic heterocycles. The summed E-state index contributed by atoms with van der Waals surface area (Å²) in [6.07, 6.45) is 1.93. The highest BCUT2D eigenvalue weighted by atomic mass is 32.1. The molecular weight excluding hydrogens is 296 g/mol. The number of aromatic nitrogens is 3. The molecule has 2 aromatic rings. The van der Waals surface area contributed by atoms with Gasteiger partial charge in [-0.15, -0.1) is 10.2 Å². The van der Waals surface area contributed by atoms with E-state index in [0.29, 0.717) is 12.4 Å². The van der Waals surface area contributed by atoms with E-state index in [1.807, 2.05) is 6.92 Å². The molecule has 0 aliphatic rings. The van der Waals surface area contributed by atoms with Crippen LogP contribution in [0.2, 0.25) is 0 Å². The van der Waals surface area contributed by atoms with Crippen LogP contribution >= 0.6 is 11.3 Å². The molecule has 0 saturated heterocycles. The lowest BCUT2D eigenvalue weighted by Gasteiger charge is -2.07. The molecule has 0 bridgehead atoms. The first-order valence-electron chi connectivity index (χ1n) is 6.07. The lowest BCUT2D eigenvalue weighted by molar-refractivity contribution is -0.385. The fraction of sp³-hybridized carbons (Fsp3) is 0.273. The number of rotatable bonds is 6. The molecule has 0 radical (unpaired) electrons. The van der Waals surface area contributed by atoms with Crippen molar-refractivity contribution in [3.05, 3.63) is 33.5 Å². The predicted octanol–water partition coefficient (Wildman–Crippen LogP) is 1.92. The van der Waals surface area contributed by atoms with Gasteiger partial charge in [0.15, 0.2) is 0 Å². The molecule has 21 heavy (non-hydrogen) atoms. The Hall–Kier alpha value is -2.62. The number of nitro groups is 1. The van der Waals surface area contributed by atoms with Crippen LogP contribution in [0.3, 0.4) is 0 Å². The molecule has 0 aliphatic heterocycles. The fourth-order valence-corrected chi connectivity index (χ4v) is 1.96. The Balaban J connectivity index is 2.29. The number of carbonyl (C=O) groups is 1. The van der Waals surface area contributed by atoms with Gasteiger partial charge in [0.2, 0.25) is 5.13 Å². The Morgan fingerprint density at radius 2 is 2.33 bits per heavy atom. The summed E-state index contributed by atoms with van der Waals surface area (Å²) in [5, 5.41) is 23.9. The van der Waals surface area contributed by atoms with Crippen LogP contribution in [-0.4, -0.2) is 32.6 Å². The monoisotopic (exact) mass is 308 g/mol. The first-order valence-corrected chi connectivity index (χ1v) is 6.95. The van der Waals surface area contributed by atoms with E-state index in [-0.39, 0.29) is 16.4 Å². The lowest BCUT2D eigenvalue weighted by Crippen LogP contribution is -2.15. The number of hydrogen-bond acceptors (Lipinski definition) is 8. The van der Waals surface area contributed by atoms with Gasteiger partial charge in [-0.3, -0.25) is 20.2 Å². The van der Waals surface area contributed by atoms with Crippen molar-refractivity contribution in [2.24, 2.45) is 0 Å². The first-order chi connectivity index (χ1) is 10.1. The van der Waals surface area contributed by atoms with Crippen molar-refractivity contribution in [3.63, 3.8) is 0 Å². The van der Waals surface area contributed by atoms with Crippen LogP contribution in [0.25, 0.3) is 0 Å². The van der Waals surface area contributed by atoms with Crippen LogP contribution < -0.4 is 10.6 Å². The zero-order chi connectivity index (χ0) is 15.2. The van der Waals surface area contributed by atoms with Crippen LogP contribution in [0, 0.1) is 10.1 Å². The van der Waals surface area contributed by atoms with Gasteiger partial charge in [-0.05, 0) is 6.42 Å². The molecule has 0 aromatic carbocycles. The first kappa shape index (κ1) is 14.8. The van der Waals surface area contributed by atoms with Gasteiger partial charge in [0.1, 0.15) is 23.1 Å². The molecule has 110 valence electrons. The minimum atomic E-state index is -0.647. The predicted molar refractivity (Wildman–Crippen MR) is 77.5 cm³/mol. The summed E-state index contributed by atoms with van der Waals surface area (Å²) in [7, 11) is 0. The second kappa shape index (κ2) is 6.70. The van der Waals surface area contributed by atoms with E-state index in [4.69, 9.17) is 0 Å². The van der Waals surface area contributed by atoms with Gasteiger partial charge >= 0.3 is 0 Å². The third kappa shape index (κ3) is 3.69. The molecule has 10 heteroatoms. The third-order valence-electron chi connectivity index (χ3n) is 2.46. The zero-order valence-electron chi connectivity index (χ0n) is 11.1. The zero-order valence-corrected chi connectivity index (χ0v) is 11.9. The highest BCUT2D eigenvalue weighted by molar-refractivity contribution is 7.13. The normalized spacial score (nSPS) is 10.1. The maximum absolute atomic E-state index is 12.1. The van der Waals surface area contributed by atoms with E-state index in [0.717, 1.165) is 24.0 Å².